The normalized spacial score (nSPS) is 10.8. The van der Waals surface area contributed by atoms with E-state index in [0.717, 1.165) is 26.2 Å². The van der Waals surface area contributed by atoms with Crippen LogP contribution in [0.1, 0.15) is 0 Å². The number of halogens is 1. The molecule has 2 N–H and O–H groups in total. The minimum Gasteiger partial charge on any atom is -0.383 e. The first kappa shape index (κ1) is 12.4. The summed E-state index contributed by atoms with van der Waals surface area (Å²) in [6, 6.07) is 12.2. The Morgan fingerprint density at radius 3 is 2.58 bits per heavy atom. The minimum atomic E-state index is 0.682. The Labute approximate surface area is 123 Å². The van der Waals surface area contributed by atoms with Crippen molar-refractivity contribution in [2.24, 2.45) is 7.05 Å². The van der Waals surface area contributed by atoms with Crippen LogP contribution in [0.25, 0.3) is 21.7 Å². The molecule has 2 heterocycles. The lowest BCUT2D eigenvalue weighted by molar-refractivity contribution is 0.783. The van der Waals surface area contributed by atoms with Gasteiger partial charge in [-0.1, -0.05) is 30.3 Å². The fraction of sp³-hybridized carbons (Fsp3) is 0.0714. The Morgan fingerprint density at radius 1 is 1.21 bits per heavy atom. The fourth-order valence-electron chi connectivity index (χ4n) is 2.05. The summed E-state index contributed by atoms with van der Waals surface area (Å²) in [5.74, 6) is 0.682. The Balaban J connectivity index is 2.28. The van der Waals surface area contributed by atoms with Crippen LogP contribution in [-0.4, -0.2) is 9.78 Å². The molecular formula is C14H12BrN3S. The van der Waals surface area contributed by atoms with E-state index in [1.165, 1.54) is 0 Å². The Morgan fingerprint density at radius 2 is 1.95 bits per heavy atom. The third-order valence-electron chi connectivity index (χ3n) is 2.99. The van der Waals surface area contributed by atoms with Crippen molar-refractivity contribution in [1.82, 2.24) is 9.78 Å². The zero-order valence-corrected chi connectivity index (χ0v) is 12.7. The van der Waals surface area contributed by atoms with Crippen molar-refractivity contribution < 1.29 is 0 Å². The van der Waals surface area contributed by atoms with Crippen LogP contribution >= 0.6 is 27.3 Å². The molecule has 19 heavy (non-hydrogen) atoms. The first-order chi connectivity index (χ1) is 9.18. The summed E-state index contributed by atoms with van der Waals surface area (Å²) in [6.07, 6.45) is 0. The molecule has 1 aromatic carbocycles. The van der Waals surface area contributed by atoms with Crippen molar-refractivity contribution in [3.63, 3.8) is 0 Å². The van der Waals surface area contributed by atoms with Crippen molar-refractivity contribution in [1.29, 1.82) is 0 Å². The van der Waals surface area contributed by atoms with E-state index in [4.69, 9.17) is 5.73 Å². The third-order valence-corrected chi connectivity index (χ3v) is 4.83. The largest absolute Gasteiger partial charge is 0.383 e. The number of nitrogens with two attached hydrogens (primary N) is 1. The van der Waals surface area contributed by atoms with Gasteiger partial charge >= 0.3 is 0 Å². The SMILES string of the molecule is Cn1nc(-c2sccc2Br)c(-c2ccccc2)c1N. The van der Waals surface area contributed by atoms with Gasteiger partial charge in [-0.15, -0.1) is 11.3 Å². The van der Waals surface area contributed by atoms with E-state index in [9.17, 15) is 0 Å². The van der Waals surface area contributed by atoms with Gasteiger partial charge in [0.15, 0.2) is 0 Å². The second-order valence-electron chi connectivity index (χ2n) is 4.20. The average molecular weight is 334 g/mol. The molecule has 0 unspecified atom stereocenters. The molecule has 0 saturated carbocycles. The zero-order valence-electron chi connectivity index (χ0n) is 10.3. The molecule has 5 heteroatoms. The standard InChI is InChI=1S/C14H12BrN3S/c1-18-14(16)11(9-5-3-2-4-6-9)12(17-18)13-10(15)7-8-19-13/h2-8H,16H2,1H3. The van der Waals surface area contributed by atoms with Crippen molar-refractivity contribution in [2.45, 2.75) is 0 Å². The summed E-state index contributed by atoms with van der Waals surface area (Å²) in [7, 11) is 1.87. The van der Waals surface area contributed by atoms with Gasteiger partial charge in [0.05, 0.1) is 10.4 Å². The van der Waals surface area contributed by atoms with E-state index in [1.807, 2.05) is 36.7 Å². The summed E-state index contributed by atoms with van der Waals surface area (Å²) in [6.45, 7) is 0. The summed E-state index contributed by atoms with van der Waals surface area (Å²) in [4.78, 5) is 1.10. The van der Waals surface area contributed by atoms with Crippen molar-refractivity contribution in [3.8, 4) is 21.7 Å². The van der Waals surface area contributed by atoms with Gasteiger partial charge in [0.25, 0.3) is 0 Å². The highest BCUT2D eigenvalue weighted by atomic mass is 79.9. The maximum absolute atomic E-state index is 6.18. The molecule has 0 saturated heterocycles. The Kier molecular flexibility index (Phi) is 3.16. The predicted molar refractivity (Wildman–Crippen MR) is 84.1 cm³/mol. The van der Waals surface area contributed by atoms with E-state index < -0.39 is 0 Å². The van der Waals surface area contributed by atoms with E-state index in [0.29, 0.717) is 5.82 Å². The van der Waals surface area contributed by atoms with Crippen LogP contribution in [0.3, 0.4) is 0 Å². The first-order valence-electron chi connectivity index (χ1n) is 5.79. The van der Waals surface area contributed by atoms with E-state index in [1.54, 1.807) is 16.0 Å². The quantitative estimate of drug-likeness (QED) is 0.765. The van der Waals surface area contributed by atoms with Crippen LogP contribution in [0, 0.1) is 0 Å². The van der Waals surface area contributed by atoms with Gasteiger partial charge < -0.3 is 5.73 Å². The number of nitrogen functional groups attached to an aromatic ring is 1. The van der Waals surface area contributed by atoms with Crippen LogP contribution in [0.4, 0.5) is 5.82 Å². The monoisotopic (exact) mass is 333 g/mol. The smallest absolute Gasteiger partial charge is 0.129 e. The van der Waals surface area contributed by atoms with Crippen LogP contribution < -0.4 is 5.73 Å². The minimum absolute atomic E-state index is 0.682. The number of benzene rings is 1. The Bertz CT molecular complexity index is 716. The van der Waals surface area contributed by atoms with Gasteiger partial charge in [-0.05, 0) is 32.9 Å². The molecule has 96 valence electrons. The lowest BCUT2D eigenvalue weighted by Gasteiger charge is -2.03. The predicted octanol–water partition coefficient (Wildman–Crippen LogP) is 4.16. The van der Waals surface area contributed by atoms with Crippen LogP contribution in [0.15, 0.2) is 46.3 Å². The van der Waals surface area contributed by atoms with E-state index in [2.05, 4.69) is 33.2 Å². The molecule has 0 bridgehead atoms. The number of anilines is 1. The molecule has 0 fully saturated rings. The van der Waals surface area contributed by atoms with Crippen molar-refractivity contribution in [2.75, 3.05) is 5.73 Å². The molecule has 0 amide bonds. The number of aryl methyl sites for hydroxylation is 1. The molecule has 0 atom stereocenters. The van der Waals surface area contributed by atoms with Crippen LogP contribution in [0.2, 0.25) is 0 Å². The molecule has 0 radical (unpaired) electrons. The van der Waals surface area contributed by atoms with Crippen LogP contribution in [-0.2, 0) is 7.05 Å². The summed E-state index contributed by atoms with van der Waals surface area (Å²) in [5.41, 5.74) is 9.18. The maximum Gasteiger partial charge on any atom is 0.129 e. The molecule has 3 nitrogen and oxygen atoms in total. The molecule has 3 rings (SSSR count). The molecule has 0 aliphatic rings. The summed E-state index contributed by atoms with van der Waals surface area (Å²) >= 11 is 5.22. The molecule has 3 aromatic rings. The number of hydrogen-bond donors (Lipinski definition) is 1. The molecule has 0 aliphatic heterocycles. The van der Waals surface area contributed by atoms with Gasteiger partial charge in [-0.3, -0.25) is 4.68 Å². The van der Waals surface area contributed by atoms with Crippen molar-refractivity contribution >= 4 is 33.1 Å². The number of nitrogens with zero attached hydrogens (tertiary/aromatic N) is 2. The highest BCUT2D eigenvalue weighted by molar-refractivity contribution is 9.10. The lowest BCUT2D eigenvalue weighted by atomic mass is 10.0. The van der Waals surface area contributed by atoms with Crippen LogP contribution in [0.5, 0.6) is 0 Å². The van der Waals surface area contributed by atoms with Crippen molar-refractivity contribution in [3.05, 3.63) is 46.3 Å². The number of aromatic nitrogens is 2. The third kappa shape index (κ3) is 2.09. The maximum atomic E-state index is 6.18. The second kappa shape index (κ2) is 4.83. The lowest BCUT2D eigenvalue weighted by Crippen LogP contribution is -1.97. The second-order valence-corrected chi connectivity index (χ2v) is 5.97. The van der Waals surface area contributed by atoms with E-state index >= 15 is 0 Å². The zero-order chi connectivity index (χ0) is 13.4. The van der Waals surface area contributed by atoms with Gasteiger partial charge in [0.1, 0.15) is 11.5 Å². The van der Waals surface area contributed by atoms with Gasteiger partial charge in [-0.25, -0.2) is 0 Å². The average Bonchev–Trinajstić information content (AvgIpc) is 2.96. The number of thiophene rings is 1. The van der Waals surface area contributed by atoms with Gasteiger partial charge in [-0.2, -0.15) is 5.10 Å². The first-order valence-corrected chi connectivity index (χ1v) is 7.47. The topological polar surface area (TPSA) is 43.8 Å². The van der Waals surface area contributed by atoms with E-state index in [-0.39, 0.29) is 0 Å². The highest BCUT2D eigenvalue weighted by Gasteiger charge is 2.19. The summed E-state index contributed by atoms with van der Waals surface area (Å²) in [5, 5.41) is 6.60. The van der Waals surface area contributed by atoms with Gasteiger partial charge in [0, 0.05) is 11.5 Å². The summed E-state index contributed by atoms with van der Waals surface area (Å²) < 4.78 is 2.77. The number of rotatable bonds is 2. The fourth-order valence-corrected chi connectivity index (χ4v) is 3.60. The molecular weight excluding hydrogens is 322 g/mol. The highest BCUT2D eigenvalue weighted by Crippen LogP contribution is 2.41. The molecule has 2 aromatic heterocycles. The molecule has 0 spiro atoms. The van der Waals surface area contributed by atoms with Gasteiger partial charge in [0.2, 0.25) is 0 Å². The Hall–Kier alpha value is -1.59. The molecule has 0 aliphatic carbocycles. The number of hydrogen-bond acceptors (Lipinski definition) is 3.